The minimum absolute atomic E-state index is 0.0660. The molecule has 20 heteroatoms. The van der Waals surface area contributed by atoms with Gasteiger partial charge >= 0.3 is 5.69 Å². The number of aromatic nitrogens is 12. The van der Waals surface area contributed by atoms with Gasteiger partial charge < -0.3 is 28.3 Å². The number of nitrogens with zero attached hydrogens (tertiary/aromatic N) is 10. The first-order valence-corrected chi connectivity index (χ1v) is 33.0. The summed E-state index contributed by atoms with van der Waals surface area (Å²) in [6.45, 7) is 58.2. The fourth-order valence-corrected chi connectivity index (χ4v) is 6.31. The molecule has 10 aromatic rings. The minimum atomic E-state index is -0.219. The van der Waals surface area contributed by atoms with Gasteiger partial charge in [0.15, 0.2) is 0 Å². The summed E-state index contributed by atoms with van der Waals surface area (Å²) < 4.78 is 21.9. The monoisotopic (exact) mass is 1260 g/mol. The molecule has 2 aromatic carbocycles. The number of thioether (sulfide) groups is 1. The van der Waals surface area contributed by atoms with Crippen LogP contribution < -0.4 is 11.0 Å². The Balaban J connectivity index is -0.000000164. The number of H-pyrrole nitrogens is 2. The van der Waals surface area contributed by atoms with Crippen LogP contribution in [0, 0.1) is 48.5 Å². The number of hydrogen-bond acceptors (Lipinski definition) is 16. The van der Waals surface area contributed by atoms with Crippen molar-refractivity contribution in [1.82, 2.24) is 65.3 Å². The van der Waals surface area contributed by atoms with Crippen LogP contribution in [0.3, 0.4) is 0 Å². The van der Waals surface area contributed by atoms with E-state index in [4.69, 9.17) is 8.94 Å². The fourth-order valence-electron chi connectivity index (χ4n) is 4.78. The van der Waals surface area contributed by atoms with Crippen LogP contribution in [-0.4, -0.2) is 77.6 Å². The van der Waals surface area contributed by atoms with Crippen molar-refractivity contribution in [3.8, 4) is 16.8 Å². The molecule has 1 atom stereocenters. The molecule has 1 unspecified atom stereocenters. The Bertz CT molecular complexity index is 2540. The van der Waals surface area contributed by atoms with E-state index in [9.17, 15) is 4.79 Å². The molecule has 0 bridgehead atoms. The lowest BCUT2D eigenvalue weighted by Crippen LogP contribution is -2.21. The number of aryl methyl sites for hydroxylation is 7. The van der Waals surface area contributed by atoms with Crippen molar-refractivity contribution in [2.75, 3.05) is 11.6 Å². The highest BCUT2D eigenvalue weighted by Crippen LogP contribution is 2.18. The fraction of sp³-hybridized carbons (Fsp3) is 0.485. The van der Waals surface area contributed by atoms with Gasteiger partial charge in [-0.2, -0.15) is 10.2 Å². The normalized spacial score (nSPS) is 10.1. The van der Waals surface area contributed by atoms with E-state index in [2.05, 4.69) is 124 Å². The van der Waals surface area contributed by atoms with Gasteiger partial charge in [-0.1, -0.05) is 188 Å². The largest absolute Gasteiger partial charge is 0.470 e. The van der Waals surface area contributed by atoms with E-state index in [1.54, 1.807) is 80.0 Å². The molecule has 18 nitrogen and oxygen atoms in total. The van der Waals surface area contributed by atoms with Crippen molar-refractivity contribution in [1.29, 1.82) is 0 Å². The van der Waals surface area contributed by atoms with Gasteiger partial charge in [0.1, 0.15) is 43.0 Å². The van der Waals surface area contributed by atoms with Crippen LogP contribution in [0.2, 0.25) is 0 Å². The Morgan fingerprint density at radius 2 is 1.18 bits per heavy atom. The average Bonchev–Trinajstić information content (AvgIpc) is 4.47. The maximum absolute atomic E-state index is 11.1. The first kappa shape index (κ1) is 94.3. The van der Waals surface area contributed by atoms with Crippen LogP contribution in [0.15, 0.2) is 169 Å². The third kappa shape index (κ3) is 55.2. The zero-order chi connectivity index (χ0) is 69.0. The van der Waals surface area contributed by atoms with E-state index in [0.29, 0.717) is 0 Å². The maximum Gasteiger partial charge on any atom is 0.347 e. The number of benzene rings is 2. The zero-order valence-electron chi connectivity index (χ0n) is 59.7. The van der Waals surface area contributed by atoms with Crippen molar-refractivity contribution in [2.24, 2.45) is 0 Å². The van der Waals surface area contributed by atoms with Crippen LogP contribution in [0.1, 0.15) is 192 Å². The minimum Gasteiger partial charge on any atom is -0.470 e. The number of hydrogen-bond donors (Lipinski definition) is 3. The predicted molar refractivity (Wildman–Crippen MR) is 379 cm³/mol. The molecule has 498 valence electrons. The van der Waals surface area contributed by atoms with E-state index in [-0.39, 0.29) is 11.2 Å². The summed E-state index contributed by atoms with van der Waals surface area (Å²) in [5.41, 5.74) is 10.4. The molecule has 0 amide bonds. The Morgan fingerprint density at radius 1 is 0.614 bits per heavy atom. The summed E-state index contributed by atoms with van der Waals surface area (Å²) in [4.78, 5) is 25.6. The molecule has 3 N–H and O–H groups in total. The number of aromatic amines is 2. The van der Waals surface area contributed by atoms with E-state index in [1.165, 1.54) is 27.8 Å². The number of nitrogens with one attached hydrogen (secondary N) is 3. The van der Waals surface area contributed by atoms with Crippen LogP contribution in [-0.2, 0) is 5.54 Å². The first-order valence-electron chi connectivity index (χ1n) is 31.0. The standard InChI is InChI=1S/C10H9NO.C9H9N3O.C6H11N3.C5H6O.C4H6N2.2C4H5NO.C4H9NS.C4H5NS.9C2H6/c1-8-2-4-9(5-3-8)10-6-11-12-7-10;1-7-2-4-8(5-3-7)12-6-10-11-9(12)13;1-6(2,3)9-5-7-4-8-9;1-5-3-2-4-6-5;1-4-2-5-3-6-4;1-4-2-5-6-3-4;1-4-2-3-5-6-4;2*1-4-2-6-3-5-4;9*1-2/h2-7H,1H3;2-6H,1H3,(H,11,13);4-5H,1-3H3;2-4H,1H3;2-3H,1H3,(H,5,6);2*2-3H,1H3;4-5H,2-3H2,1H3;2-3H,1H3;9*1-2H3. The van der Waals surface area contributed by atoms with Crippen LogP contribution in [0.25, 0.3) is 16.8 Å². The van der Waals surface area contributed by atoms with Crippen LogP contribution in [0.4, 0.5) is 0 Å². The molecular formula is C68H119N13O5S2. The molecule has 88 heavy (non-hydrogen) atoms. The van der Waals surface area contributed by atoms with E-state index < -0.39 is 0 Å². The maximum atomic E-state index is 11.1. The second-order valence-corrected chi connectivity index (χ2v) is 17.9. The number of thiazole rings is 1. The summed E-state index contributed by atoms with van der Waals surface area (Å²) in [7, 11) is 0. The first-order chi connectivity index (χ1) is 42.6. The molecule has 1 saturated heterocycles. The quantitative estimate of drug-likeness (QED) is 0.146. The zero-order valence-corrected chi connectivity index (χ0v) is 61.3. The van der Waals surface area contributed by atoms with Crippen molar-refractivity contribution in [3.05, 3.63) is 197 Å². The Kier molecular flexibility index (Phi) is 75.3. The van der Waals surface area contributed by atoms with Crippen LogP contribution >= 0.6 is 23.1 Å². The Labute approximate surface area is 541 Å². The van der Waals surface area contributed by atoms with Gasteiger partial charge in [0.25, 0.3) is 0 Å². The lowest BCUT2D eigenvalue weighted by Gasteiger charge is -2.17. The smallest absolute Gasteiger partial charge is 0.347 e. The summed E-state index contributed by atoms with van der Waals surface area (Å²) in [6, 6.07) is 22.3. The lowest BCUT2D eigenvalue weighted by atomic mass is 10.1. The molecule has 0 radical (unpaired) electrons. The van der Waals surface area contributed by atoms with Gasteiger partial charge in [-0.25, -0.2) is 29.1 Å². The van der Waals surface area contributed by atoms with Crippen LogP contribution in [0.5, 0.6) is 0 Å². The van der Waals surface area contributed by atoms with Gasteiger partial charge in [-0.3, -0.25) is 4.98 Å². The Morgan fingerprint density at radius 3 is 1.42 bits per heavy atom. The van der Waals surface area contributed by atoms with E-state index in [1.807, 2.05) is 230 Å². The third-order valence-corrected chi connectivity index (χ3v) is 10.5. The molecular weight excluding hydrogens is 1140 g/mol. The lowest BCUT2D eigenvalue weighted by molar-refractivity contribution is 0.354. The summed E-state index contributed by atoms with van der Waals surface area (Å²) in [5, 5.41) is 25.8. The molecule has 0 spiro atoms. The third-order valence-electron chi connectivity index (χ3n) is 8.67. The van der Waals surface area contributed by atoms with Gasteiger partial charge in [0, 0.05) is 57.8 Å². The number of imidazole rings is 1. The van der Waals surface area contributed by atoms with Gasteiger partial charge in [-0.05, 0) is 106 Å². The van der Waals surface area contributed by atoms with Crippen molar-refractivity contribution in [3.63, 3.8) is 0 Å². The SMILES string of the molecule is CC.CC.CC.CC.CC.CC.CC.CC.CC.CC(C)(C)n1cncn1.CC1CSCN1.Cc1ccc(-c2cnoc2)cc1.Cc1ccc(-n2cn[nH]c2=O)cc1.Cc1ccco1.Cc1ccno1.Cc1cnc[nH]1.Cc1cnoc1.Cc1cscn1. The van der Waals surface area contributed by atoms with Crippen molar-refractivity contribution < 1.29 is 18.0 Å². The highest BCUT2D eigenvalue weighted by molar-refractivity contribution is 7.99. The van der Waals surface area contributed by atoms with Crippen molar-refractivity contribution >= 4 is 23.1 Å². The van der Waals surface area contributed by atoms with E-state index >= 15 is 0 Å². The molecule has 9 heterocycles. The van der Waals surface area contributed by atoms with E-state index in [0.717, 1.165) is 57.2 Å². The van der Waals surface area contributed by atoms with Gasteiger partial charge in [0.2, 0.25) is 0 Å². The molecule has 1 fully saturated rings. The molecule has 1 aliphatic heterocycles. The number of rotatable bonds is 2. The highest BCUT2D eigenvalue weighted by atomic mass is 32.2. The second-order valence-electron chi connectivity index (χ2n) is 16.2. The Hall–Kier alpha value is -7.42. The number of furan rings is 1. The summed E-state index contributed by atoms with van der Waals surface area (Å²) in [6.07, 6.45) is 18.1. The average molecular weight is 1260 g/mol. The van der Waals surface area contributed by atoms with Gasteiger partial charge in [0.05, 0.1) is 47.9 Å². The predicted octanol–water partition coefficient (Wildman–Crippen LogP) is 20.2. The summed E-state index contributed by atoms with van der Waals surface area (Å²) >= 11 is 3.60. The summed E-state index contributed by atoms with van der Waals surface area (Å²) in [5.74, 6) is 4.27. The van der Waals surface area contributed by atoms with Crippen molar-refractivity contribution in [2.45, 2.75) is 212 Å². The second kappa shape index (κ2) is 70.3. The highest BCUT2D eigenvalue weighted by Gasteiger charge is 2.11. The molecule has 1 aliphatic rings. The molecule has 0 saturated carbocycles. The van der Waals surface area contributed by atoms with Gasteiger partial charge in [-0.15, -0.1) is 23.1 Å². The topological polar surface area (TPSA) is 226 Å². The molecule has 11 rings (SSSR count). The molecule has 0 aliphatic carbocycles. The molecule has 8 aromatic heterocycles.